The Kier molecular flexibility index (Phi) is 9.72. The minimum atomic E-state index is -0.794. The van der Waals surface area contributed by atoms with Crippen molar-refractivity contribution in [2.45, 2.75) is 33.2 Å². The fraction of sp³-hybridized carbons (Fsp3) is 0.294. The summed E-state index contributed by atoms with van der Waals surface area (Å²) in [4.78, 5) is 33.8. The molecule has 1 aliphatic rings. The SMILES string of the molecule is COc1nc(-c2cccc(-c3cccc(Nc4nccc(CN5CCC(C(C)(C)C(=O)O)CC5)c4F)c3Cl)c2Cl)ccc1C=O. The van der Waals surface area contributed by atoms with Crippen LogP contribution in [0.5, 0.6) is 5.88 Å². The number of carboxylic acids is 1. The average Bonchev–Trinajstić information content (AvgIpc) is 3.04. The lowest BCUT2D eigenvalue weighted by Gasteiger charge is -2.38. The third-order valence-corrected chi connectivity index (χ3v) is 9.36. The molecule has 0 bridgehead atoms. The zero-order valence-electron chi connectivity index (χ0n) is 25.1. The molecule has 2 aromatic heterocycles. The van der Waals surface area contributed by atoms with Crippen LogP contribution in [0, 0.1) is 17.2 Å². The summed E-state index contributed by atoms with van der Waals surface area (Å²) in [6.07, 6.45) is 3.69. The Bertz CT molecular complexity index is 1740. The van der Waals surface area contributed by atoms with Crippen LogP contribution < -0.4 is 10.1 Å². The van der Waals surface area contributed by atoms with E-state index in [-0.39, 0.29) is 17.6 Å². The van der Waals surface area contributed by atoms with Gasteiger partial charge in [0.1, 0.15) is 0 Å². The molecule has 45 heavy (non-hydrogen) atoms. The zero-order chi connectivity index (χ0) is 32.3. The number of ether oxygens (including phenoxy) is 1. The number of carboxylic acid groups (broad SMARTS) is 1. The quantitative estimate of drug-likeness (QED) is 0.166. The molecule has 5 rings (SSSR count). The molecule has 0 atom stereocenters. The molecule has 0 amide bonds. The summed E-state index contributed by atoms with van der Waals surface area (Å²) < 4.78 is 21.0. The molecule has 1 saturated heterocycles. The largest absolute Gasteiger partial charge is 0.481 e. The van der Waals surface area contributed by atoms with Crippen molar-refractivity contribution in [1.29, 1.82) is 0 Å². The van der Waals surface area contributed by atoms with E-state index in [0.29, 0.717) is 75.2 Å². The molecule has 8 nitrogen and oxygen atoms in total. The van der Waals surface area contributed by atoms with Crippen LogP contribution in [0.1, 0.15) is 42.6 Å². The molecule has 0 spiro atoms. The molecule has 0 radical (unpaired) electrons. The van der Waals surface area contributed by atoms with Crippen LogP contribution in [0.15, 0.2) is 60.8 Å². The van der Waals surface area contributed by atoms with Crippen LogP contribution in [0.2, 0.25) is 10.0 Å². The molecular weight excluding hydrogens is 618 g/mol. The third-order valence-electron chi connectivity index (χ3n) is 8.55. The predicted octanol–water partition coefficient (Wildman–Crippen LogP) is 8.14. The first kappa shape index (κ1) is 32.3. The number of carbonyl (C=O) groups is 2. The molecule has 1 fully saturated rings. The maximum absolute atomic E-state index is 15.7. The molecule has 0 unspecified atom stereocenters. The number of aromatic nitrogens is 2. The van der Waals surface area contributed by atoms with Gasteiger partial charge in [0, 0.05) is 35.0 Å². The first-order valence-electron chi connectivity index (χ1n) is 14.5. The number of likely N-dealkylation sites (tertiary alicyclic amines) is 1. The van der Waals surface area contributed by atoms with E-state index in [9.17, 15) is 14.7 Å². The fourth-order valence-electron chi connectivity index (χ4n) is 5.68. The van der Waals surface area contributed by atoms with E-state index in [4.69, 9.17) is 27.9 Å². The van der Waals surface area contributed by atoms with Gasteiger partial charge in [-0.25, -0.2) is 14.4 Å². The summed E-state index contributed by atoms with van der Waals surface area (Å²) >= 11 is 13.8. The number of rotatable bonds is 10. The molecule has 0 saturated carbocycles. The minimum Gasteiger partial charge on any atom is -0.481 e. The van der Waals surface area contributed by atoms with Crippen LogP contribution in [-0.4, -0.2) is 52.4 Å². The molecule has 3 heterocycles. The van der Waals surface area contributed by atoms with Gasteiger partial charge in [-0.15, -0.1) is 0 Å². The Morgan fingerprint density at radius 2 is 1.73 bits per heavy atom. The van der Waals surface area contributed by atoms with Gasteiger partial charge >= 0.3 is 5.97 Å². The number of nitrogens with zero attached hydrogens (tertiary/aromatic N) is 3. The lowest BCUT2D eigenvalue weighted by atomic mass is 9.74. The van der Waals surface area contributed by atoms with Crippen molar-refractivity contribution in [2.75, 3.05) is 25.5 Å². The van der Waals surface area contributed by atoms with Crippen molar-refractivity contribution in [3.8, 4) is 28.3 Å². The van der Waals surface area contributed by atoms with Crippen molar-refractivity contribution < 1.29 is 23.8 Å². The summed E-state index contributed by atoms with van der Waals surface area (Å²) in [5.74, 6) is -0.976. The van der Waals surface area contributed by atoms with Gasteiger partial charge in [0.2, 0.25) is 5.88 Å². The monoisotopic (exact) mass is 650 g/mol. The minimum absolute atomic E-state index is 0.0415. The van der Waals surface area contributed by atoms with E-state index in [2.05, 4.69) is 20.2 Å². The number of halogens is 3. The second-order valence-electron chi connectivity index (χ2n) is 11.6. The van der Waals surface area contributed by atoms with Crippen LogP contribution in [0.4, 0.5) is 15.9 Å². The van der Waals surface area contributed by atoms with Gasteiger partial charge in [0.25, 0.3) is 0 Å². The van der Waals surface area contributed by atoms with E-state index in [1.165, 1.54) is 7.11 Å². The Labute approximate surface area is 271 Å². The van der Waals surface area contributed by atoms with Gasteiger partial charge in [-0.1, -0.05) is 53.5 Å². The maximum Gasteiger partial charge on any atom is 0.309 e. The smallest absolute Gasteiger partial charge is 0.309 e. The van der Waals surface area contributed by atoms with Crippen LogP contribution in [0.3, 0.4) is 0 Å². The van der Waals surface area contributed by atoms with Crippen molar-refractivity contribution in [2.24, 2.45) is 11.3 Å². The molecule has 2 aromatic carbocycles. The van der Waals surface area contributed by atoms with Crippen molar-refractivity contribution in [3.05, 3.63) is 87.8 Å². The Morgan fingerprint density at radius 1 is 1.07 bits per heavy atom. The first-order valence-corrected chi connectivity index (χ1v) is 15.2. The van der Waals surface area contributed by atoms with Crippen LogP contribution in [-0.2, 0) is 11.3 Å². The highest BCUT2D eigenvalue weighted by atomic mass is 35.5. The molecule has 1 aliphatic heterocycles. The second-order valence-corrected chi connectivity index (χ2v) is 12.3. The maximum atomic E-state index is 15.7. The molecule has 0 aliphatic carbocycles. The molecular formula is C34H33Cl2FN4O4. The molecule has 4 aromatic rings. The zero-order valence-corrected chi connectivity index (χ0v) is 26.6. The number of hydrogen-bond donors (Lipinski definition) is 2. The number of hydrogen-bond acceptors (Lipinski definition) is 7. The van der Waals surface area contributed by atoms with E-state index >= 15 is 4.39 Å². The molecule has 2 N–H and O–H groups in total. The van der Waals surface area contributed by atoms with Crippen molar-refractivity contribution in [1.82, 2.24) is 14.9 Å². The van der Waals surface area contributed by atoms with Gasteiger partial charge in [-0.2, -0.15) is 0 Å². The summed E-state index contributed by atoms with van der Waals surface area (Å²) in [5.41, 5.74) is 2.86. The van der Waals surface area contributed by atoms with Gasteiger partial charge in [0.15, 0.2) is 17.9 Å². The molecule has 11 heteroatoms. The van der Waals surface area contributed by atoms with E-state index in [0.717, 1.165) is 12.8 Å². The van der Waals surface area contributed by atoms with Crippen molar-refractivity contribution >= 4 is 47.0 Å². The van der Waals surface area contributed by atoms with Gasteiger partial charge in [-0.05, 0) is 70.0 Å². The lowest BCUT2D eigenvalue weighted by Crippen LogP contribution is -2.41. The van der Waals surface area contributed by atoms with Gasteiger partial charge in [-0.3, -0.25) is 14.5 Å². The number of methoxy groups -OCH3 is 1. The number of carbonyl (C=O) groups excluding carboxylic acids is 1. The lowest BCUT2D eigenvalue weighted by molar-refractivity contribution is -0.151. The predicted molar refractivity (Wildman–Crippen MR) is 174 cm³/mol. The highest BCUT2D eigenvalue weighted by Crippen LogP contribution is 2.42. The number of aliphatic carboxylic acids is 1. The summed E-state index contributed by atoms with van der Waals surface area (Å²) in [7, 11) is 1.44. The third kappa shape index (κ3) is 6.66. The molecule has 234 valence electrons. The van der Waals surface area contributed by atoms with E-state index < -0.39 is 17.2 Å². The highest BCUT2D eigenvalue weighted by molar-refractivity contribution is 6.39. The number of aldehydes is 1. The van der Waals surface area contributed by atoms with Crippen LogP contribution >= 0.6 is 23.2 Å². The van der Waals surface area contributed by atoms with Crippen LogP contribution in [0.25, 0.3) is 22.4 Å². The number of anilines is 2. The normalized spacial score (nSPS) is 14.3. The standard InChI is InChI=1S/C34H33Cl2FN4O4/c1-34(2,33(43)44)22-13-16-41(17-14-22)18-20-12-15-38-31(30(20)37)39-27-9-5-7-24(29(27)36)23-6-4-8-25(28(23)35)26-11-10-21(19-42)32(40-26)45-3/h4-12,15,19,22H,13-14,16-18H2,1-3H3,(H,38,39)(H,43,44). The van der Waals surface area contributed by atoms with E-state index in [1.807, 2.05) is 24.3 Å². The fourth-order valence-corrected chi connectivity index (χ4v) is 6.28. The average molecular weight is 652 g/mol. The summed E-state index contributed by atoms with van der Waals surface area (Å²) in [5, 5.41) is 13.4. The Morgan fingerprint density at radius 3 is 2.40 bits per heavy atom. The number of piperidine rings is 1. The highest BCUT2D eigenvalue weighted by Gasteiger charge is 2.38. The summed E-state index contributed by atoms with van der Waals surface area (Å²) in [6, 6.07) is 15.8. The second kappa shape index (κ2) is 13.5. The number of pyridine rings is 2. The summed E-state index contributed by atoms with van der Waals surface area (Å²) in [6.45, 7) is 5.28. The van der Waals surface area contributed by atoms with Crippen molar-refractivity contribution in [3.63, 3.8) is 0 Å². The Balaban J connectivity index is 1.37. The number of benzene rings is 2. The Hall–Kier alpha value is -4.05. The van der Waals surface area contributed by atoms with Gasteiger partial charge in [0.05, 0.1) is 39.5 Å². The van der Waals surface area contributed by atoms with Gasteiger partial charge < -0.3 is 15.2 Å². The first-order chi connectivity index (χ1) is 21.5. The topological polar surface area (TPSA) is 105 Å². The number of nitrogens with one attached hydrogen (secondary N) is 1. The van der Waals surface area contributed by atoms with E-state index in [1.54, 1.807) is 50.4 Å².